The Bertz CT molecular complexity index is 3030. The van der Waals surface area contributed by atoms with E-state index in [0.717, 1.165) is 34.7 Å². The van der Waals surface area contributed by atoms with E-state index in [1.807, 2.05) is 35.0 Å². The molecule has 0 aliphatic carbocycles. The van der Waals surface area contributed by atoms with Crippen LogP contribution >= 0.6 is 46.2 Å². The second-order valence-corrected chi connectivity index (χ2v) is 26.0. The van der Waals surface area contributed by atoms with Crippen LogP contribution < -0.4 is 31.9 Å². The summed E-state index contributed by atoms with van der Waals surface area (Å²) in [6.07, 6.45) is -14.6. The predicted molar refractivity (Wildman–Crippen MR) is 342 cm³/mol. The number of amides is 6. The maximum absolute atomic E-state index is 12.9. The van der Waals surface area contributed by atoms with Crippen molar-refractivity contribution in [3.63, 3.8) is 0 Å². The molecule has 0 unspecified atom stereocenters. The summed E-state index contributed by atoms with van der Waals surface area (Å²) in [6.45, 7) is 1.44. The Morgan fingerprint density at radius 1 is 0.522 bits per heavy atom. The number of thiophene rings is 2. The number of carbonyl (C=O) groups excluding carboxylic acids is 6. The minimum atomic E-state index is -2.49. The number of carboxylic acids is 2. The fourth-order valence-corrected chi connectivity index (χ4v) is 13.1. The monoisotopic (exact) mass is 1350 g/mol. The molecule has 92 heavy (non-hydrogen) atoms. The zero-order valence-electron chi connectivity index (χ0n) is 50.2. The summed E-state index contributed by atoms with van der Waals surface area (Å²) in [5, 5.41) is 107. The van der Waals surface area contributed by atoms with Gasteiger partial charge in [-0.05, 0) is 107 Å². The van der Waals surface area contributed by atoms with Gasteiger partial charge in [-0.15, -0.1) is 22.7 Å². The van der Waals surface area contributed by atoms with Gasteiger partial charge in [-0.1, -0.05) is 36.4 Å². The summed E-state index contributed by atoms with van der Waals surface area (Å²) in [7, 11) is 0. The molecule has 3 aromatic carbocycles. The maximum Gasteiger partial charge on any atom is 0.364 e. The average Bonchev–Trinajstić information content (AvgIpc) is 0.905. The predicted octanol–water partition coefficient (Wildman–Crippen LogP) is 2.06. The molecule has 7 rings (SSSR count). The molecular weight excluding hydrogens is 1280 g/mol. The Kier molecular flexibility index (Phi) is 27.5. The highest BCUT2D eigenvalue weighted by Crippen LogP contribution is 2.36. The largest absolute Gasteiger partial charge is 0.477 e. The van der Waals surface area contributed by atoms with Gasteiger partial charge >= 0.3 is 11.9 Å². The van der Waals surface area contributed by atoms with Crippen molar-refractivity contribution in [2.45, 2.75) is 112 Å². The number of nitrogens with one attached hydrogen (secondary N) is 6. The van der Waals surface area contributed by atoms with E-state index in [-0.39, 0.29) is 37.4 Å². The molecule has 26 nitrogen and oxygen atoms in total. The summed E-state index contributed by atoms with van der Waals surface area (Å²) < 4.78 is 23.1. The van der Waals surface area contributed by atoms with E-state index in [1.165, 1.54) is 70.5 Å². The van der Waals surface area contributed by atoms with Crippen molar-refractivity contribution >= 4 is 93.6 Å². The zero-order valence-corrected chi connectivity index (χ0v) is 53.4. The Morgan fingerprint density at radius 3 is 1.17 bits per heavy atom. The number of aliphatic carboxylic acids is 2. The van der Waals surface area contributed by atoms with Crippen LogP contribution in [0.15, 0.2) is 108 Å². The van der Waals surface area contributed by atoms with Crippen LogP contribution in [0.2, 0.25) is 0 Å². The van der Waals surface area contributed by atoms with Crippen LogP contribution in [0.4, 0.5) is 0 Å². The van der Waals surface area contributed by atoms with Crippen LogP contribution in [0.1, 0.15) is 81.0 Å². The fraction of sp³-hybridized carbons (Fsp3) is 0.452. The van der Waals surface area contributed by atoms with E-state index in [2.05, 4.69) is 31.9 Å². The Morgan fingerprint density at radius 2 is 0.859 bits per heavy atom. The molecule has 12 atom stereocenters. The number of carboxylic acid groups (broad SMARTS) is 2. The summed E-state index contributed by atoms with van der Waals surface area (Å²) >= 11 is 5.92. The Labute approximate surface area is 546 Å². The van der Waals surface area contributed by atoms with Gasteiger partial charge in [0.25, 0.3) is 35.2 Å². The van der Waals surface area contributed by atoms with E-state index in [9.17, 15) is 79.2 Å². The quantitative estimate of drug-likeness (QED) is 0.0262. The van der Waals surface area contributed by atoms with Gasteiger partial charge < -0.3 is 91.7 Å². The second-order valence-electron chi connectivity index (χ2n) is 21.6. The van der Waals surface area contributed by atoms with Crippen molar-refractivity contribution in [1.29, 1.82) is 0 Å². The van der Waals surface area contributed by atoms with Gasteiger partial charge in [0.2, 0.25) is 11.8 Å². The fourth-order valence-electron chi connectivity index (χ4n) is 10.1. The van der Waals surface area contributed by atoms with Crippen LogP contribution in [-0.2, 0) is 38.1 Å². The number of hydrogen-bond donors (Lipinski definition) is 14. The van der Waals surface area contributed by atoms with Crippen molar-refractivity contribution in [2.75, 3.05) is 62.4 Å². The molecule has 2 aliphatic rings. The molecule has 4 heterocycles. The molecule has 14 N–H and O–H groups in total. The van der Waals surface area contributed by atoms with E-state index >= 15 is 0 Å². The summed E-state index contributed by atoms with van der Waals surface area (Å²) in [5.74, 6) is -9.60. The first-order valence-corrected chi connectivity index (χ1v) is 33.5. The number of aliphatic hydroxyl groups excluding tert-OH is 6. The van der Waals surface area contributed by atoms with E-state index in [0.29, 0.717) is 47.0 Å². The molecule has 30 heteroatoms. The molecule has 498 valence electrons. The number of aliphatic hydroxyl groups is 6. The van der Waals surface area contributed by atoms with Gasteiger partial charge in [-0.2, -0.15) is 23.5 Å². The first kappa shape index (κ1) is 72.5. The van der Waals surface area contributed by atoms with E-state index in [1.54, 1.807) is 48.5 Å². The van der Waals surface area contributed by atoms with Crippen LogP contribution in [0, 0.1) is 0 Å². The molecule has 2 aromatic heterocycles. The zero-order chi connectivity index (χ0) is 66.5. The molecule has 2 saturated heterocycles. The summed E-state index contributed by atoms with van der Waals surface area (Å²) in [5.41, 5.74) is 2.96. The molecule has 5 aromatic rings. The number of rotatable bonds is 34. The lowest BCUT2D eigenvalue weighted by molar-refractivity contribution is -0.310. The van der Waals surface area contributed by atoms with Gasteiger partial charge in [0.15, 0.2) is 0 Å². The molecule has 0 bridgehead atoms. The molecule has 6 amide bonds. The topological polar surface area (TPSA) is 408 Å². The molecule has 2 aliphatic heterocycles. The minimum Gasteiger partial charge on any atom is -0.477 e. The van der Waals surface area contributed by atoms with Crippen molar-refractivity contribution in [3.8, 4) is 20.9 Å². The number of hydrogen-bond acceptors (Lipinski definition) is 22. The minimum absolute atomic E-state index is 0.181. The normalized spacial score (nSPS) is 22.6. The molecular formula is C62H76N6O20S4. The number of carbonyl (C=O) groups is 8. The lowest BCUT2D eigenvalue weighted by Crippen LogP contribution is -2.68. The first-order chi connectivity index (χ1) is 44.0. The number of thioether (sulfide) groups is 2. The van der Waals surface area contributed by atoms with Crippen molar-refractivity contribution in [2.24, 2.45) is 0 Å². The average molecular weight is 1350 g/mol. The molecule has 0 saturated carbocycles. The smallest absolute Gasteiger partial charge is 0.364 e. The lowest BCUT2D eigenvalue weighted by atomic mass is 9.88. The third-order valence-electron chi connectivity index (χ3n) is 14.9. The van der Waals surface area contributed by atoms with Crippen LogP contribution in [0.3, 0.4) is 0 Å². The standard InChI is InChI=1S/C62H76N6O20S4/c1-35(69)67-49-43(71)31-61(59(81)82,87-53(49)51(75)45(73)33-65-57(79)41-13-9-37(10-14-41)47-7-3-27-91-47)85-23-5-25-89-29-21-63-55(77)39-17-19-40(20-18-39)56(78)64-22-30-90-26-6-24-86-62(60(83)84)32-44(72)50(68-36(2)70)54(88-62)52(76)46(74)34-66-58(80)42-15-11-38(12-16-42)48-8-4-28-92-48/h3-4,7-20,27-28,43-46,49-54,71-76H,5-6,21-26,29-34H2,1-2H3,(H,63,77)(H,64,78)(H,65,79)(H,66,80)(H,67,69)(H,68,70)(H,81,82)(H,83,84)/t43-,44-,45-,46+,49+,50+,51+,52+,53+,54+,61+,62+/m0/s1. The van der Waals surface area contributed by atoms with Gasteiger partial charge in [0.1, 0.15) is 24.4 Å². The highest BCUT2D eigenvalue weighted by atomic mass is 32.2. The maximum atomic E-state index is 12.9. The van der Waals surface area contributed by atoms with Gasteiger partial charge in [0.05, 0.1) is 49.7 Å². The summed E-state index contributed by atoms with van der Waals surface area (Å²) in [4.78, 5) is 103. The molecule has 0 spiro atoms. The third-order valence-corrected chi connectivity index (χ3v) is 18.8. The van der Waals surface area contributed by atoms with Gasteiger partial charge in [-0.25, -0.2) is 9.59 Å². The Hall–Kier alpha value is -6.88. The highest BCUT2D eigenvalue weighted by Gasteiger charge is 2.57. The van der Waals surface area contributed by atoms with Crippen LogP contribution in [0.25, 0.3) is 20.9 Å². The Balaban J connectivity index is 0.771. The van der Waals surface area contributed by atoms with Crippen molar-refractivity contribution < 1.29 is 98.2 Å². The van der Waals surface area contributed by atoms with E-state index in [4.69, 9.17) is 18.9 Å². The lowest BCUT2D eigenvalue weighted by Gasteiger charge is -2.46. The molecule has 2 fully saturated rings. The number of ether oxygens (including phenoxy) is 4. The second kappa shape index (κ2) is 34.9. The number of benzene rings is 3. The SMILES string of the molecule is CC(=O)N[C@H]1[C@H]([C@H](O)[C@H](O)CNC(=O)c2ccc(-c3cccs3)cc2)O[C@@](OCCCSCCNC(=O)c2ccc(C(=O)NCCSCCCO[C@]3(C(=O)O)C[C@H](O)[C@@H](NC(C)=O)[C@H]([C@H](O)[C@@H](O)CNC(=O)c4ccc(-c5cccs5)cc4)O3)cc2)(C(=O)O)C[C@@H]1O. The van der Waals surface area contributed by atoms with Crippen LogP contribution in [-0.4, -0.2) is 223 Å². The highest BCUT2D eigenvalue weighted by molar-refractivity contribution is 7.99. The van der Waals surface area contributed by atoms with Crippen molar-refractivity contribution in [1.82, 2.24) is 31.9 Å². The van der Waals surface area contributed by atoms with E-state index < -0.39 is 146 Å². The third kappa shape index (κ3) is 20.1. The van der Waals surface area contributed by atoms with Gasteiger partial charge in [-0.3, -0.25) is 28.8 Å². The first-order valence-electron chi connectivity index (χ1n) is 29.4. The van der Waals surface area contributed by atoms with Crippen molar-refractivity contribution in [3.05, 3.63) is 130 Å². The molecule has 0 radical (unpaired) electrons. The van der Waals surface area contributed by atoms with Gasteiger partial charge in [0, 0.05) is 96.4 Å². The summed E-state index contributed by atoms with van der Waals surface area (Å²) in [6, 6.07) is 24.4. The van der Waals surface area contributed by atoms with Crippen LogP contribution in [0.5, 0.6) is 0 Å².